The molecular weight excluding hydrogens is 403 g/mol. The normalized spacial score (nSPS) is 11.1. The summed E-state index contributed by atoms with van der Waals surface area (Å²) >= 11 is 13.3. The van der Waals surface area contributed by atoms with Crippen LogP contribution in [0, 0.1) is 0 Å². The van der Waals surface area contributed by atoms with Crippen LogP contribution in [0.3, 0.4) is 0 Å². The lowest BCUT2D eigenvalue weighted by Crippen LogP contribution is -2.11. The number of hydrogen-bond acceptors (Lipinski definition) is 4. The van der Waals surface area contributed by atoms with Crippen LogP contribution in [0.2, 0.25) is 10.0 Å². The molecule has 0 bridgehead atoms. The van der Waals surface area contributed by atoms with Crippen LogP contribution in [-0.2, 0) is 6.54 Å². The molecule has 0 saturated heterocycles. The number of rotatable bonds is 4. The Hall–Kier alpha value is -2.41. The van der Waals surface area contributed by atoms with Gasteiger partial charge in [-0.25, -0.2) is 9.97 Å². The van der Waals surface area contributed by atoms with Gasteiger partial charge in [0.2, 0.25) is 0 Å². The van der Waals surface area contributed by atoms with Gasteiger partial charge in [0, 0.05) is 12.7 Å². The fourth-order valence-electron chi connectivity index (χ4n) is 2.84. The minimum absolute atomic E-state index is 0.276. The predicted molar refractivity (Wildman–Crippen MR) is 111 cm³/mol. The third-order valence-corrected chi connectivity index (χ3v) is 5.64. The highest BCUT2D eigenvalue weighted by Gasteiger charge is 2.17. The molecule has 0 aliphatic carbocycles. The summed E-state index contributed by atoms with van der Waals surface area (Å²) in [5.74, 6) is 0.856. The minimum Gasteiger partial charge on any atom is -0.324 e. The van der Waals surface area contributed by atoms with E-state index < -0.39 is 0 Å². The van der Waals surface area contributed by atoms with Crippen LogP contribution in [0.15, 0.2) is 48.7 Å². The zero-order valence-electron chi connectivity index (χ0n) is 14.2. The number of aryl methyl sites for hydroxylation is 1. The van der Waals surface area contributed by atoms with Gasteiger partial charge >= 0.3 is 0 Å². The van der Waals surface area contributed by atoms with Gasteiger partial charge in [0.05, 0.1) is 30.8 Å². The van der Waals surface area contributed by atoms with Crippen molar-refractivity contribution in [3.05, 3.63) is 63.6 Å². The van der Waals surface area contributed by atoms with E-state index in [4.69, 9.17) is 28.2 Å². The fraction of sp³-hybridized carbons (Fsp3) is 0.105. The lowest BCUT2D eigenvalue weighted by Gasteiger charge is -2.05. The molecule has 136 valence electrons. The molecule has 0 aliphatic heterocycles. The highest BCUT2D eigenvalue weighted by atomic mass is 35.5. The zero-order valence-corrected chi connectivity index (χ0v) is 16.6. The van der Waals surface area contributed by atoms with E-state index in [9.17, 15) is 4.79 Å². The maximum Gasteiger partial charge on any atom is 0.266 e. The molecule has 0 radical (unpaired) electrons. The van der Waals surface area contributed by atoms with Gasteiger partial charge in [-0.1, -0.05) is 35.3 Å². The molecule has 0 spiro atoms. The number of aromatic nitrogens is 3. The molecule has 4 rings (SSSR count). The van der Waals surface area contributed by atoms with Gasteiger partial charge in [-0.15, -0.1) is 11.3 Å². The molecule has 27 heavy (non-hydrogen) atoms. The van der Waals surface area contributed by atoms with E-state index in [0.717, 1.165) is 28.3 Å². The van der Waals surface area contributed by atoms with E-state index >= 15 is 0 Å². The average molecular weight is 417 g/mol. The molecule has 1 amide bonds. The Balaban J connectivity index is 1.64. The number of para-hydroxylation sites is 2. The molecule has 8 heteroatoms. The number of pyridine rings is 1. The number of fused-ring (bicyclic) bond motifs is 1. The number of carbonyl (C=O) groups excluding carboxylic acids is 1. The summed E-state index contributed by atoms with van der Waals surface area (Å²) in [4.78, 5) is 22.8. The number of nitrogens with zero attached hydrogens (tertiary/aromatic N) is 3. The SMILES string of the molecule is CCn1c(-c2ccc(C(=O)Nc3ncc(Cl)cc3Cl)s2)nc2ccccc21. The lowest BCUT2D eigenvalue weighted by molar-refractivity contribution is 0.103. The quantitative estimate of drug-likeness (QED) is 0.461. The van der Waals surface area contributed by atoms with Gasteiger partial charge < -0.3 is 9.88 Å². The van der Waals surface area contributed by atoms with Crippen molar-refractivity contribution in [3.63, 3.8) is 0 Å². The highest BCUT2D eigenvalue weighted by molar-refractivity contribution is 7.17. The number of amides is 1. The Kier molecular flexibility index (Phi) is 4.86. The van der Waals surface area contributed by atoms with Crippen molar-refractivity contribution in [2.75, 3.05) is 5.32 Å². The van der Waals surface area contributed by atoms with Crippen molar-refractivity contribution in [1.82, 2.24) is 14.5 Å². The van der Waals surface area contributed by atoms with Gasteiger partial charge in [0.25, 0.3) is 5.91 Å². The number of carbonyl (C=O) groups is 1. The molecule has 0 atom stereocenters. The monoisotopic (exact) mass is 416 g/mol. The number of hydrogen-bond donors (Lipinski definition) is 1. The first-order valence-electron chi connectivity index (χ1n) is 8.24. The van der Waals surface area contributed by atoms with Crippen LogP contribution in [0.25, 0.3) is 21.7 Å². The maximum atomic E-state index is 12.6. The molecule has 1 N–H and O–H groups in total. The van der Waals surface area contributed by atoms with Gasteiger partial charge in [-0.2, -0.15) is 0 Å². The minimum atomic E-state index is -0.276. The van der Waals surface area contributed by atoms with Crippen LogP contribution in [0.4, 0.5) is 5.82 Å². The summed E-state index contributed by atoms with van der Waals surface area (Å²) in [5, 5.41) is 3.42. The molecule has 0 aliphatic rings. The second kappa shape index (κ2) is 7.31. The second-order valence-corrected chi connectivity index (χ2v) is 7.70. The van der Waals surface area contributed by atoms with Gasteiger partial charge in [0.15, 0.2) is 11.6 Å². The number of imidazole rings is 1. The molecule has 5 nitrogen and oxygen atoms in total. The molecule has 3 aromatic heterocycles. The zero-order chi connectivity index (χ0) is 19.0. The molecule has 0 fully saturated rings. The Morgan fingerprint density at radius 1 is 1.22 bits per heavy atom. The molecule has 1 aromatic carbocycles. The van der Waals surface area contributed by atoms with Crippen molar-refractivity contribution < 1.29 is 4.79 Å². The van der Waals surface area contributed by atoms with Gasteiger partial charge in [-0.3, -0.25) is 4.79 Å². The van der Waals surface area contributed by atoms with Crippen LogP contribution in [0.5, 0.6) is 0 Å². The third-order valence-electron chi connectivity index (χ3n) is 4.06. The highest BCUT2D eigenvalue weighted by Crippen LogP contribution is 2.31. The topological polar surface area (TPSA) is 59.8 Å². The maximum absolute atomic E-state index is 12.6. The standard InChI is InChI=1S/C19H14Cl2N4OS/c1-2-25-14-6-4-3-5-13(14)23-18(25)15-7-8-16(27-15)19(26)24-17-12(21)9-11(20)10-22-17/h3-10H,2H2,1H3,(H,22,24,26). The molecule has 0 saturated carbocycles. The van der Waals surface area contributed by atoms with Crippen molar-refractivity contribution in [2.45, 2.75) is 13.5 Å². The van der Waals surface area contributed by atoms with Gasteiger partial charge in [0.1, 0.15) is 0 Å². The van der Waals surface area contributed by atoms with E-state index in [1.807, 2.05) is 30.3 Å². The van der Waals surface area contributed by atoms with E-state index in [1.165, 1.54) is 23.6 Å². The van der Waals surface area contributed by atoms with E-state index in [1.54, 1.807) is 6.07 Å². The summed E-state index contributed by atoms with van der Waals surface area (Å²) in [6, 6.07) is 13.2. The predicted octanol–water partition coefficient (Wildman–Crippen LogP) is 5.74. The summed E-state index contributed by atoms with van der Waals surface area (Å²) in [5.41, 5.74) is 2.01. The molecular formula is C19H14Cl2N4OS. The van der Waals surface area contributed by atoms with Crippen LogP contribution in [-0.4, -0.2) is 20.4 Å². The first-order chi connectivity index (χ1) is 13.1. The van der Waals surface area contributed by atoms with Crippen molar-refractivity contribution >= 4 is 57.3 Å². The van der Waals surface area contributed by atoms with Gasteiger partial charge in [-0.05, 0) is 37.3 Å². The summed E-state index contributed by atoms with van der Waals surface area (Å²) < 4.78 is 2.14. The molecule has 4 aromatic rings. The Labute approximate surface area is 169 Å². The number of thiophene rings is 1. The van der Waals surface area contributed by atoms with Crippen LogP contribution < -0.4 is 5.32 Å². The fourth-order valence-corrected chi connectivity index (χ4v) is 4.17. The van der Waals surface area contributed by atoms with Crippen LogP contribution >= 0.6 is 34.5 Å². The van der Waals surface area contributed by atoms with E-state index in [0.29, 0.717) is 14.9 Å². The molecule has 0 unspecified atom stereocenters. The smallest absolute Gasteiger partial charge is 0.266 e. The van der Waals surface area contributed by atoms with Crippen molar-refractivity contribution in [2.24, 2.45) is 0 Å². The summed E-state index contributed by atoms with van der Waals surface area (Å²) in [6.07, 6.45) is 1.44. The first-order valence-corrected chi connectivity index (χ1v) is 9.82. The van der Waals surface area contributed by atoms with Crippen molar-refractivity contribution in [3.8, 4) is 10.7 Å². The molecule has 3 heterocycles. The summed E-state index contributed by atoms with van der Waals surface area (Å²) in [7, 11) is 0. The number of anilines is 1. The summed E-state index contributed by atoms with van der Waals surface area (Å²) in [6.45, 7) is 2.87. The first kappa shape index (κ1) is 18.0. The number of halogens is 2. The number of nitrogens with one attached hydrogen (secondary N) is 1. The number of benzene rings is 1. The third kappa shape index (κ3) is 3.43. The second-order valence-electron chi connectivity index (χ2n) is 5.77. The Morgan fingerprint density at radius 3 is 2.81 bits per heavy atom. The van der Waals surface area contributed by atoms with Crippen molar-refractivity contribution in [1.29, 1.82) is 0 Å². The lowest BCUT2D eigenvalue weighted by atomic mass is 10.3. The van der Waals surface area contributed by atoms with E-state index in [-0.39, 0.29) is 11.7 Å². The van der Waals surface area contributed by atoms with E-state index in [2.05, 4.69) is 21.8 Å². The Bertz CT molecular complexity index is 1150. The van der Waals surface area contributed by atoms with Crippen LogP contribution in [0.1, 0.15) is 16.6 Å². The Morgan fingerprint density at radius 2 is 2.04 bits per heavy atom. The largest absolute Gasteiger partial charge is 0.324 e. The average Bonchev–Trinajstić information content (AvgIpc) is 3.28.